The highest BCUT2D eigenvalue weighted by molar-refractivity contribution is 7.98. The van der Waals surface area contributed by atoms with E-state index in [0.29, 0.717) is 28.6 Å². The molecule has 118 valence electrons. The van der Waals surface area contributed by atoms with Crippen LogP contribution in [-0.4, -0.2) is 40.7 Å². The SMILES string of the molecule is CSCC(CCO)NC(=O)c1cc(C)nc2cc(F)ccc12. The van der Waals surface area contributed by atoms with Crippen molar-refractivity contribution in [2.75, 3.05) is 18.6 Å². The monoisotopic (exact) mass is 322 g/mol. The maximum Gasteiger partial charge on any atom is 0.252 e. The lowest BCUT2D eigenvalue weighted by Crippen LogP contribution is -2.37. The van der Waals surface area contributed by atoms with Crippen LogP contribution in [0.25, 0.3) is 10.9 Å². The van der Waals surface area contributed by atoms with Crippen LogP contribution in [-0.2, 0) is 0 Å². The lowest BCUT2D eigenvalue weighted by Gasteiger charge is -2.17. The number of pyridine rings is 1. The summed E-state index contributed by atoms with van der Waals surface area (Å²) in [5, 5.41) is 12.6. The summed E-state index contributed by atoms with van der Waals surface area (Å²) >= 11 is 1.61. The summed E-state index contributed by atoms with van der Waals surface area (Å²) in [5.74, 6) is 0.121. The molecule has 1 heterocycles. The maximum absolute atomic E-state index is 13.3. The van der Waals surface area contributed by atoms with Crippen LogP contribution in [0, 0.1) is 12.7 Å². The summed E-state index contributed by atoms with van der Waals surface area (Å²) in [6, 6.07) is 5.82. The van der Waals surface area contributed by atoms with Gasteiger partial charge in [-0.2, -0.15) is 11.8 Å². The van der Waals surface area contributed by atoms with E-state index in [1.54, 1.807) is 30.8 Å². The number of thioether (sulfide) groups is 1. The van der Waals surface area contributed by atoms with Crippen LogP contribution in [0.3, 0.4) is 0 Å². The molecule has 0 bridgehead atoms. The van der Waals surface area contributed by atoms with E-state index in [2.05, 4.69) is 10.3 Å². The van der Waals surface area contributed by atoms with E-state index >= 15 is 0 Å². The van der Waals surface area contributed by atoms with E-state index in [-0.39, 0.29) is 24.4 Å². The maximum atomic E-state index is 13.3. The van der Waals surface area contributed by atoms with Gasteiger partial charge in [-0.25, -0.2) is 4.39 Å². The van der Waals surface area contributed by atoms with Crippen molar-refractivity contribution in [1.29, 1.82) is 0 Å². The molecule has 0 saturated heterocycles. The first kappa shape index (κ1) is 16.7. The summed E-state index contributed by atoms with van der Waals surface area (Å²) in [4.78, 5) is 16.8. The number of benzene rings is 1. The van der Waals surface area contributed by atoms with E-state index in [9.17, 15) is 9.18 Å². The fraction of sp³-hybridized carbons (Fsp3) is 0.375. The molecule has 0 fully saturated rings. The van der Waals surface area contributed by atoms with E-state index in [1.165, 1.54) is 12.1 Å². The number of aliphatic hydroxyl groups excluding tert-OH is 1. The lowest BCUT2D eigenvalue weighted by molar-refractivity contribution is 0.0937. The van der Waals surface area contributed by atoms with Gasteiger partial charge in [0, 0.05) is 35.5 Å². The summed E-state index contributed by atoms with van der Waals surface area (Å²) in [6.45, 7) is 1.79. The van der Waals surface area contributed by atoms with Crippen LogP contribution >= 0.6 is 11.8 Å². The Labute approximate surface area is 133 Å². The first-order valence-electron chi connectivity index (χ1n) is 7.02. The number of nitrogens with zero attached hydrogens (tertiary/aromatic N) is 1. The minimum Gasteiger partial charge on any atom is -0.396 e. The Balaban J connectivity index is 2.34. The number of halogens is 1. The van der Waals surface area contributed by atoms with Gasteiger partial charge in [0.05, 0.1) is 11.1 Å². The van der Waals surface area contributed by atoms with Crippen molar-refractivity contribution < 1.29 is 14.3 Å². The Morgan fingerprint density at radius 1 is 1.45 bits per heavy atom. The predicted octanol–water partition coefficient (Wildman–Crippen LogP) is 2.53. The smallest absolute Gasteiger partial charge is 0.252 e. The molecule has 1 unspecified atom stereocenters. The minimum absolute atomic E-state index is 0.0207. The summed E-state index contributed by atoms with van der Waals surface area (Å²) < 4.78 is 13.3. The fourth-order valence-corrected chi connectivity index (χ4v) is 2.99. The van der Waals surface area contributed by atoms with Crippen LogP contribution < -0.4 is 5.32 Å². The first-order chi connectivity index (χ1) is 10.5. The molecule has 0 aliphatic rings. The topological polar surface area (TPSA) is 62.2 Å². The van der Waals surface area contributed by atoms with E-state index in [4.69, 9.17) is 5.11 Å². The van der Waals surface area contributed by atoms with Gasteiger partial charge in [0.1, 0.15) is 5.82 Å². The zero-order valence-corrected chi connectivity index (χ0v) is 13.4. The van der Waals surface area contributed by atoms with Gasteiger partial charge in [-0.1, -0.05) is 0 Å². The number of hydrogen-bond acceptors (Lipinski definition) is 4. The molecule has 22 heavy (non-hydrogen) atoms. The Hall–Kier alpha value is -1.66. The lowest BCUT2D eigenvalue weighted by atomic mass is 10.1. The molecule has 0 aliphatic heterocycles. The first-order valence-corrected chi connectivity index (χ1v) is 8.42. The third-order valence-corrected chi connectivity index (χ3v) is 4.06. The zero-order chi connectivity index (χ0) is 16.1. The number of aryl methyl sites for hydroxylation is 1. The molecule has 0 spiro atoms. The molecule has 0 saturated carbocycles. The van der Waals surface area contributed by atoms with Crippen molar-refractivity contribution in [3.8, 4) is 0 Å². The van der Waals surface area contributed by atoms with Crippen LogP contribution in [0.15, 0.2) is 24.3 Å². The molecule has 2 N–H and O–H groups in total. The normalized spacial score (nSPS) is 12.4. The highest BCUT2D eigenvalue weighted by Crippen LogP contribution is 2.20. The molecule has 1 atom stereocenters. The number of carbonyl (C=O) groups is 1. The number of fused-ring (bicyclic) bond motifs is 1. The highest BCUT2D eigenvalue weighted by atomic mass is 32.2. The van der Waals surface area contributed by atoms with Crippen molar-refractivity contribution in [1.82, 2.24) is 10.3 Å². The molecule has 0 radical (unpaired) electrons. The number of aromatic nitrogens is 1. The molecule has 1 aromatic heterocycles. The van der Waals surface area contributed by atoms with Crippen molar-refractivity contribution in [3.63, 3.8) is 0 Å². The van der Waals surface area contributed by atoms with Gasteiger partial charge in [-0.15, -0.1) is 0 Å². The van der Waals surface area contributed by atoms with Gasteiger partial charge in [0.15, 0.2) is 0 Å². The minimum atomic E-state index is -0.377. The molecule has 4 nitrogen and oxygen atoms in total. The number of hydrogen-bond donors (Lipinski definition) is 2. The largest absolute Gasteiger partial charge is 0.396 e. The number of aliphatic hydroxyl groups is 1. The van der Waals surface area contributed by atoms with Crippen molar-refractivity contribution in [2.24, 2.45) is 0 Å². The van der Waals surface area contributed by atoms with Crippen LogP contribution in [0.2, 0.25) is 0 Å². The summed E-state index contributed by atoms with van der Waals surface area (Å²) in [5.41, 5.74) is 1.60. The predicted molar refractivity (Wildman–Crippen MR) is 87.8 cm³/mol. The molecular formula is C16H19FN2O2S. The fourth-order valence-electron chi connectivity index (χ4n) is 2.34. The molecule has 0 aliphatic carbocycles. The van der Waals surface area contributed by atoms with Crippen LogP contribution in [0.4, 0.5) is 4.39 Å². The average Bonchev–Trinajstić information content (AvgIpc) is 2.46. The second-order valence-electron chi connectivity index (χ2n) is 5.11. The van der Waals surface area contributed by atoms with Crippen molar-refractivity contribution >= 4 is 28.6 Å². The van der Waals surface area contributed by atoms with Crippen molar-refractivity contribution in [3.05, 3.63) is 41.3 Å². The Morgan fingerprint density at radius 3 is 2.91 bits per heavy atom. The third kappa shape index (κ3) is 3.96. The molecule has 1 amide bonds. The molecule has 2 aromatic rings. The quantitative estimate of drug-likeness (QED) is 0.858. The number of carbonyl (C=O) groups excluding carboxylic acids is 1. The summed E-state index contributed by atoms with van der Waals surface area (Å²) in [7, 11) is 0. The van der Waals surface area contributed by atoms with Crippen LogP contribution in [0.5, 0.6) is 0 Å². The second-order valence-corrected chi connectivity index (χ2v) is 6.02. The van der Waals surface area contributed by atoms with E-state index < -0.39 is 0 Å². The Morgan fingerprint density at radius 2 is 2.23 bits per heavy atom. The van der Waals surface area contributed by atoms with E-state index in [1.807, 2.05) is 6.26 Å². The second kappa shape index (κ2) is 7.56. The van der Waals surface area contributed by atoms with E-state index in [0.717, 1.165) is 5.75 Å². The third-order valence-electron chi connectivity index (χ3n) is 3.33. The molecular weight excluding hydrogens is 303 g/mol. The van der Waals surface area contributed by atoms with Gasteiger partial charge in [0.2, 0.25) is 0 Å². The summed E-state index contributed by atoms with van der Waals surface area (Å²) in [6.07, 6.45) is 2.45. The standard InChI is InChI=1S/C16H19FN2O2S/c1-10-7-14(13-4-3-11(17)8-15(13)18-10)16(21)19-12(5-6-20)9-22-2/h3-4,7-8,12,20H,5-6,9H2,1-2H3,(H,19,21). The van der Waals surface area contributed by atoms with Gasteiger partial charge in [-0.3, -0.25) is 9.78 Å². The number of amides is 1. The number of nitrogens with one attached hydrogen (secondary N) is 1. The molecule has 6 heteroatoms. The van der Waals surface area contributed by atoms with Crippen molar-refractivity contribution in [2.45, 2.75) is 19.4 Å². The zero-order valence-electron chi connectivity index (χ0n) is 12.6. The van der Waals surface area contributed by atoms with Gasteiger partial charge in [-0.05, 0) is 37.8 Å². The van der Waals surface area contributed by atoms with Gasteiger partial charge in [0.25, 0.3) is 5.91 Å². The average molecular weight is 322 g/mol. The molecule has 2 rings (SSSR count). The number of rotatable bonds is 6. The molecule has 1 aromatic carbocycles. The van der Waals surface area contributed by atoms with Gasteiger partial charge < -0.3 is 10.4 Å². The highest BCUT2D eigenvalue weighted by Gasteiger charge is 2.16. The Kier molecular flexibility index (Phi) is 5.74. The Bertz CT molecular complexity index is 667. The van der Waals surface area contributed by atoms with Crippen LogP contribution in [0.1, 0.15) is 22.5 Å². The van der Waals surface area contributed by atoms with Gasteiger partial charge >= 0.3 is 0 Å².